The molecule has 0 radical (unpaired) electrons. The van der Waals surface area contributed by atoms with E-state index in [9.17, 15) is 18.0 Å². The average Bonchev–Trinajstić information content (AvgIpc) is 2.82. The highest BCUT2D eigenvalue weighted by Gasteiger charge is 2.35. The van der Waals surface area contributed by atoms with E-state index in [2.05, 4.69) is 30.8 Å². The number of urea groups is 1. The predicted molar refractivity (Wildman–Crippen MR) is 146 cm³/mol. The number of carbonyl (C=O) groups excluding carboxylic acids is 2. The maximum atomic E-state index is 13.7. The van der Waals surface area contributed by atoms with Gasteiger partial charge in [0.25, 0.3) is 0 Å². The maximum Gasteiger partial charge on any atom is 0.317 e. The van der Waals surface area contributed by atoms with E-state index in [4.69, 9.17) is 0 Å². The molecule has 3 amide bonds. The van der Waals surface area contributed by atoms with Crippen LogP contribution in [0.5, 0.6) is 0 Å². The van der Waals surface area contributed by atoms with Crippen molar-refractivity contribution in [1.82, 2.24) is 19.8 Å². The van der Waals surface area contributed by atoms with Gasteiger partial charge >= 0.3 is 6.03 Å². The van der Waals surface area contributed by atoms with Crippen molar-refractivity contribution < 1.29 is 18.0 Å². The molecule has 0 spiro atoms. The van der Waals surface area contributed by atoms with Gasteiger partial charge in [-0.2, -0.15) is 4.72 Å². The van der Waals surface area contributed by atoms with Gasteiger partial charge in [-0.1, -0.05) is 63.2 Å². The van der Waals surface area contributed by atoms with E-state index in [1.165, 1.54) is 0 Å². The standard InChI is InChI=1S/C28H40N4O4S/c1-20(2)29-27(34)32-17-16-31(19-21(32)3)26(33)25(18-22-10-8-7-9-11-22)30-37(35,36)24-14-12-23(13-15-24)28(4,5)6/h7-15,20-21,25,30H,16-19H2,1-6H3,(H,29,34). The van der Waals surface area contributed by atoms with Crippen molar-refractivity contribution in [2.24, 2.45) is 0 Å². The fourth-order valence-corrected chi connectivity index (χ4v) is 5.62. The first kappa shape index (κ1) is 28.7. The molecule has 2 atom stereocenters. The number of hydrogen-bond acceptors (Lipinski definition) is 4. The largest absolute Gasteiger partial charge is 0.337 e. The average molecular weight is 529 g/mol. The molecule has 1 fully saturated rings. The molecule has 0 bridgehead atoms. The molecule has 0 aliphatic carbocycles. The van der Waals surface area contributed by atoms with Gasteiger partial charge in [0, 0.05) is 31.7 Å². The molecule has 1 aliphatic heterocycles. The second-order valence-corrected chi connectivity index (χ2v) is 12.8. The summed E-state index contributed by atoms with van der Waals surface area (Å²) in [5.41, 5.74) is 1.78. The summed E-state index contributed by atoms with van der Waals surface area (Å²) in [6, 6.07) is 14.8. The predicted octanol–water partition coefficient (Wildman–Crippen LogP) is 3.52. The molecule has 8 nitrogen and oxygen atoms in total. The van der Waals surface area contributed by atoms with E-state index in [1.807, 2.05) is 63.2 Å². The summed E-state index contributed by atoms with van der Waals surface area (Å²) >= 11 is 0. The number of benzene rings is 2. The number of sulfonamides is 1. The van der Waals surface area contributed by atoms with Crippen LogP contribution in [0.4, 0.5) is 4.79 Å². The van der Waals surface area contributed by atoms with Crippen LogP contribution in [0.25, 0.3) is 0 Å². The molecule has 2 N–H and O–H groups in total. The number of nitrogens with one attached hydrogen (secondary N) is 2. The quantitative estimate of drug-likeness (QED) is 0.574. The molecular weight excluding hydrogens is 488 g/mol. The minimum absolute atomic E-state index is 0.0153. The van der Waals surface area contributed by atoms with Crippen LogP contribution < -0.4 is 10.0 Å². The molecule has 202 valence electrons. The van der Waals surface area contributed by atoms with Gasteiger partial charge in [0.2, 0.25) is 15.9 Å². The summed E-state index contributed by atoms with van der Waals surface area (Å²) in [6.45, 7) is 12.9. The van der Waals surface area contributed by atoms with Crippen LogP contribution >= 0.6 is 0 Å². The van der Waals surface area contributed by atoms with E-state index in [0.29, 0.717) is 19.6 Å². The molecule has 2 unspecified atom stereocenters. The van der Waals surface area contributed by atoms with Crippen LogP contribution in [-0.4, -0.2) is 67.9 Å². The molecule has 37 heavy (non-hydrogen) atoms. The van der Waals surface area contributed by atoms with Crippen LogP contribution in [-0.2, 0) is 26.7 Å². The second kappa shape index (κ2) is 11.6. The second-order valence-electron chi connectivity index (χ2n) is 11.1. The Labute approximate surface area is 221 Å². The Kier molecular flexibility index (Phi) is 9.02. The minimum atomic E-state index is -3.95. The Hall–Kier alpha value is -2.91. The molecule has 2 aromatic carbocycles. The fourth-order valence-electron chi connectivity index (χ4n) is 4.43. The minimum Gasteiger partial charge on any atom is -0.337 e. The Balaban J connectivity index is 1.80. The number of amides is 3. The smallest absolute Gasteiger partial charge is 0.317 e. The van der Waals surface area contributed by atoms with Gasteiger partial charge in [-0.3, -0.25) is 4.79 Å². The third-order valence-corrected chi connectivity index (χ3v) is 8.01. The number of piperazine rings is 1. The van der Waals surface area contributed by atoms with Gasteiger partial charge in [0.1, 0.15) is 6.04 Å². The van der Waals surface area contributed by atoms with Crippen molar-refractivity contribution in [3.05, 3.63) is 65.7 Å². The highest BCUT2D eigenvalue weighted by atomic mass is 32.2. The van der Waals surface area contributed by atoms with E-state index >= 15 is 0 Å². The van der Waals surface area contributed by atoms with Gasteiger partial charge in [-0.25, -0.2) is 13.2 Å². The Morgan fingerprint density at radius 1 is 1.00 bits per heavy atom. The van der Waals surface area contributed by atoms with Gasteiger partial charge in [0.15, 0.2) is 0 Å². The summed E-state index contributed by atoms with van der Waals surface area (Å²) in [5.74, 6) is -0.297. The molecule has 2 aromatic rings. The SMILES string of the molecule is CC(C)NC(=O)N1CCN(C(=O)C(Cc2ccccc2)NS(=O)(=O)c2ccc(C(C)(C)C)cc2)CC1C. The Morgan fingerprint density at radius 3 is 2.16 bits per heavy atom. The lowest BCUT2D eigenvalue weighted by Crippen LogP contribution is -2.61. The van der Waals surface area contributed by atoms with Crippen molar-refractivity contribution in [2.45, 2.75) is 76.4 Å². The fraction of sp³-hybridized carbons (Fsp3) is 0.500. The van der Waals surface area contributed by atoms with Crippen molar-refractivity contribution in [3.63, 3.8) is 0 Å². The van der Waals surface area contributed by atoms with Crippen molar-refractivity contribution in [1.29, 1.82) is 0 Å². The lowest BCUT2D eigenvalue weighted by atomic mass is 9.87. The first-order valence-electron chi connectivity index (χ1n) is 12.8. The highest BCUT2D eigenvalue weighted by Crippen LogP contribution is 2.24. The summed E-state index contributed by atoms with van der Waals surface area (Å²) in [4.78, 5) is 29.7. The number of rotatable bonds is 7. The van der Waals surface area contributed by atoms with Crippen molar-refractivity contribution >= 4 is 22.0 Å². The summed E-state index contributed by atoms with van der Waals surface area (Å²) in [5, 5.41) is 2.90. The topological polar surface area (TPSA) is 98.8 Å². The normalized spacial score (nSPS) is 17.5. The Morgan fingerprint density at radius 2 is 1.62 bits per heavy atom. The molecule has 1 heterocycles. The van der Waals surface area contributed by atoms with Gasteiger partial charge in [0.05, 0.1) is 4.90 Å². The van der Waals surface area contributed by atoms with Crippen molar-refractivity contribution in [3.8, 4) is 0 Å². The molecular formula is C28H40N4O4S. The van der Waals surface area contributed by atoms with Crippen LogP contribution in [0, 0.1) is 0 Å². The molecule has 0 saturated carbocycles. The van der Waals surface area contributed by atoms with E-state index in [0.717, 1.165) is 11.1 Å². The van der Waals surface area contributed by atoms with Crippen LogP contribution in [0.15, 0.2) is 59.5 Å². The first-order valence-corrected chi connectivity index (χ1v) is 14.3. The maximum absolute atomic E-state index is 13.7. The number of carbonyl (C=O) groups is 2. The molecule has 1 aliphatic rings. The lowest BCUT2D eigenvalue weighted by molar-refractivity contribution is -0.135. The van der Waals surface area contributed by atoms with Gasteiger partial charge in [-0.15, -0.1) is 0 Å². The zero-order chi connectivity index (χ0) is 27.4. The van der Waals surface area contributed by atoms with Crippen LogP contribution in [0.1, 0.15) is 52.7 Å². The van der Waals surface area contributed by atoms with Crippen molar-refractivity contribution in [2.75, 3.05) is 19.6 Å². The van der Waals surface area contributed by atoms with E-state index in [-0.39, 0.29) is 40.8 Å². The first-order chi connectivity index (χ1) is 17.3. The number of nitrogens with zero attached hydrogens (tertiary/aromatic N) is 2. The molecule has 9 heteroatoms. The summed E-state index contributed by atoms with van der Waals surface area (Å²) < 4.78 is 29.4. The lowest BCUT2D eigenvalue weighted by Gasteiger charge is -2.41. The van der Waals surface area contributed by atoms with Crippen LogP contribution in [0.3, 0.4) is 0 Å². The third kappa shape index (κ3) is 7.55. The zero-order valence-electron chi connectivity index (χ0n) is 22.7. The Bertz CT molecular complexity index is 1170. The molecule has 0 aromatic heterocycles. The molecule has 3 rings (SSSR count). The summed E-state index contributed by atoms with van der Waals surface area (Å²) in [6.07, 6.45) is 0.224. The van der Waals surface area contributed by atoms with E-state index < -0.39 is 16.1 Å². The third-order valence-electron chi connectivity index (χ3n) is 6.52. The van der Waals surface area contributed by atoms with Crippen LogP contribution in [0.2, 0.25) is 0 Å². The monoisotopic (exact) mass is 528 g/mol. The number of hydrogen-bond donors (Lipinski definition) is 2. The summed E-state index contributed by atoms with van der Waals surface area (Å²) in [7, 11) is -3.95. The molecule has 1 saturated heterocycles. The zero-order valence-corrected chi connectivity index (χ0v) is 23.5. The van der Waals surface area contributed by atoms with Gasteiger partial charge < -0.3 is 15.1 Å². The van der Waals surface area contributed by atoms with E-state index in [1.54, 1.807) is 21.9 Å². The van der Waals surface area contributed by atoms with Gasteiger partial charge in [-0.05, 0) is 55.9 Å². The highest BCUT2D eigenvalue weighted by molar-refractivity contribution is 7.89.